The summed E-state index contributed by atoms with van der Waals surface area (Å²) in [6.45, 7) is 4.51. The molecule has 1 unspecified atom stereocenters. The van der Waals surface area contributed by atoms with Crippen LogP contribution in [0, 0.1) is 11.8 Å². The van der Waals surface area contributed by atoms with Crippen molar-refractivity contribution >= 4 is 11.9 Å². The molecule has 0 saturated heterocycles. The third kappa shape index (κ3) is 7.09. The Balaban J connectivity index is 1.98. The summed E-state index contributed by atoms with van der Waals surface area (Å²) in [5.74, 6) is -1.03. The van der Waals surface area contributed by atoms with Crippen LogP contribution in [0.15, 0.2) is 60.7 Å². The molecule has 0 aliphatic heterocycles. The molecule has 0 fully saturated rings. The normalized spacial score (nSPS) is 11.8. The van der Waals surface area contributed by atoms with Gasteiger partial charge < -0.3 is 9.47 Å². The molecule has 1 atom stereocenters. The molecule has 2 aromatic carbocycles. The highest BCUT2D eigenvalue weighted by molar-refractivity contribution is 5.80. The van der Waals surface area contributed by atoms with Crippen LogP contribution >= 0.6 is 0 Å². The van der Waals surface area contributed by atoms with E-state index in [1.165, 1.54) is 0 Å². The highest BCUT2D eigenvalue weighted by atomic mass is 16.5. The van der Waals surface area contributed by atoms with E-state index < -0.39 is 5.92 Å². The first kappa shape index (κ1) is 19.7. The molecule has 4 nitrogen and oxygen atoms in total. The highest BCUT2D eigenvalue weighted by Crippen LogP contribution is 2.16. The number of carbonyl (C=O) groups is 2. The van der Waals surface area contributed by atoms with Crippen LogP contribution in [0.3, 0.4) is 0 Å². The lowest BCUT2D eigenvalue weighted by molar-refractivity contribution is -0.156. The Morgan fingerprint density at radius 3 is 2.00 bits per heavy atom. The molecule has 0 amide bonds. The van der Waals surface area contributed by atoms with Crippen molar-refractivity contribution in [2.75, 3.05) is 6.61 Å². The van der Waals surface area contributed by atoms with Gasteiger partial charge in [0.05, 0.1) is 18.9 Å². The van der Waals surface area contributed by atoms with Gasteiger partial charge in [-0.2, -0.15) is 0 Å². The van der Waals surface area contributed by atoms with Crippen molar-refractivity contribution < 1.29 is 19.1 Å². The highest BCUT2D eigenvalue weighted by Gasteiger charge is 2.25. The first-order valence-corrected chi connectivity index (χ1v) is 8.94. The molecule has 26 heavy (non-hydrogen) atoms. The Morgan fingerprint density at radius 1 is 0.846 bits per heavy atom. The molecule has 0 saturated carbocycles. The molecule has 0 spiro atoms. The fraction of sp³-hybridized carbons (Fsp3) is 0.364. The Bertz CT molecular complexity index is 680. The molecule has 0 N–H and O–H groups in total. The Labute approximate surface area is 155 Å². The molecule has 0 aromatic heterocycles. The smallest absolute Gasteiger partial charge is 0.310 e. The zero-order chi connectivity index (χ0) is 18.8. The van der Waals surface area contributed by atoms with E-state index in [0.717, 1.165) is 11.1 Å². The van der Waals surface area contributed by atoms with Crippen molar-refractivity contribution in [2.24, 2.45) is 11.8 Å². The van der Waals surface area contributed by atoms with Gasteiger partial charge in [-0.25, -0.2) is 0 Å². The molecular formula is C22H26O4. The van der Waals surface area contributed by atoms with Gasteiger partial charge in [-0.05, 0) is 23.5 Å². The van der Waals surface area contributed by atoms with E-state index in [4.69, 9.17) is 9.47 Å². The van der Waals surface area contributed by atoms with Gasteiger partial charge in [0.1, 0.15) is 6.61 Å². The quantitative estimate of drug-likeness (QED) is 0.634. The number of carbonyl (C=O) groups excluding carboxylic acids is 2. The fourth-order valence-corrected chi connectivity index (χ4v) is 2.50. The van der Waals surface area contributed by atoms with Gasteiger partial charge in [-0.15, -0.1) is 0 Å². The monoisotopic (exact) mass is 354 g/mol. The molecular weight excluding hydrogens is 328 g/mol. The number of hydrogen-bond donors (Lipinski definition) is 0. The lowest BCUT2D eigenvalue weighted by Crippen LogP contribution is -2.24. The van der Waals surface area contributed by atoms with Gasteiger partial charge in [0.2, 0.25) is 0 Å². The molecule has 138 valence electrons. The molecule has 0 radical (unpaired) electrons. The molecule has 4 heteroatoms. The first-order valence-electron chi connectivity index (χ1n) is 8.94. The third-order valence-corrected chi connectivity index (χ3v) is 3.87. The SMILES string of the molecule is CC(C)COC(=O)CC(Cc1ccccc1)C(=O)OCc1ccccc1. The molecule has 0 aliphatic carbocycles. The second-order valence-electron chi connectivity index (χ2n) is 6.76. The second-order valence-corrected chi connectivity index (χ2v) is 6.76. The summed E-state index contributed by atoms with van der Waals surface area (Å²) in [5.41, 5.74) is 1.91. The summed E-state index contributed by atoms with van der Waals surface area (Å²) in [4.78, 5) is 24.7. The zero-order valence-electron chi connectivity index (χ0n) is 15.4. The van der Waals surface area contributed by atoms with Gasteiger partial charge in [0, 0.05) is 0 Å². The van der Waals surface area contributed by atoms with E-state index in [1.54, 1.807) is 0 Å². The lowest BCUT2D eigenvalue weighted by atomic mass is 9.96. The minimum Gasteiger partial charge on any atom is -0.465 e. The van der Waals surface area contributed by atoms with Crippen LogP contribution in [0.25, 0.3) is 0 Å². The van der Waals surface area contributed by atoms with E-state index in [0.29, 0.717) is 13.0 Å². The lowest BCUT2D eigenvalue weighted by Gasteiger charge is -2.16. The second kappa shape index (κ2) is 10.4. The Hall–Kier alpha value is -2.62. The summed E-state index contributed by atoms with van der Waals surface area (Å²) in [6.07, 6.45) is 0.473. The van der Waals surface area contributed by atoms with Gasteiger partial charge in [0.25, 0.3) is 0 Å². The van der Waals surface area contributed by atoms with E-state index >= 15 is 0 Å². The van der Waals surface area contributed by atoms with Crippen LogP contribution in [0.4, 0.5) is 0 Å². The fourth-order valence-electron chi connectivity index (χ4n) is 2.50. The van der Waals surface area contributed by atoms with Crippen molar-refractivity contribution in [3.63, 3.8) is 0 Å². The van der Waals surface area contributed by atoms with Crippen molar-refractivity contribution in [1.29, 1.82) is 0 Å². The Morgan fingerprint density at radius 2 is 1.42 bits per heavy atom. The van der Waals surface area contributed by atoms with E-state index in [-0.39, 0.29) is 30.9 Å². The minimum absolute atomic E-state index is 0.0231. The standard InChI is InChI=1S/C22H26O4/c1-17(2)15-25-21(23)14-20(13-18-9-5-3-6-10-18)22(24)26-16-19-11-7-4-8-12-19/h3-12,17,20H,13-16H2,1-2H3. The summed E-state index contributed by atoms with van der Waals surface area (Å²) >= 11 is 0. The van der Waals surface area contributed by atoms with Crippen molar-refractivity contribution in [2.45, 2.75) is 33.3 Å². The van der Waals surface area contributed by atoms with Crippen LogP contribution in [0.2, 0.25) is 0 Å². The maximum Gasteiger partial charge on any atom is 0.310 e. The van der Waals surface area contributed by atoms with Crippen LogP contribution < -0.4 is 0 Å². The number of rotatable bonds is 9. The topological polar surface area (TPSA) is 52.6 Å². The van der Waals surface area contributed by atoms with Crippen molar-refractivity contribution in [1.82, 2.24) is 0 Å². The summed E-state index contributed by atoms with van der Waals surface area (Å²) in [7, 11) is 0. The molecule has 2 rings (SSSR count). The van der Waals surface area contributed by atoms with E-state index in [1.807, 2.05) is 74.5 Å². The average Bonchev–Trinajstić information content (AvgIpc) is 2.65. The van der Waals surface area contributed by atoms with Crippen molar-refractivity contribution in [3.05, 3.63) is 71.8 Å². The predicted molar refractivity (Wildman–Crippen MR) is 100 cm³/mol. The number of ether oxygens (including phenoxy) is 2. The molecule has 0 bridgehead atoms. The zero-order valence-corrected chi connectivity index (χ0v) is 15.4. The summed E-state index contributed by atoms with van der Waals surface area (Å²) < 4.78 is 10.7. The van der Waals surface area contributed by atoms with Crippen LogP contribution in [0.5, 0.6) is 0 Å². The van der Waals surface area contributed by atoms with Crippen LogP contribution in [-0.4, -0.2) is 18.5 Å². The van der Waals surface area contributed by atoms with Crippen molar-refractivity contribution in [3.8, 4) is 0 Å². The number of hydrogen-bond acceptors (Lipinski definition) is 4. The molecule has 0 heterocycles. The Kier molecular flexibility index (Phi) is 7.87. The number of esters is 2. The van der Waals surface area contributed by atoms with Gasteiger partial charge >= 0.3 is 11.9 Å². The third-order valence-electron chi connectivity index (χ3n) is 3.87. The molecule has 2 aromatic rings. The van der Waals surface area contributed by atoms with Gasteiger partial charge in [-0.3, -0.25) is 9.59 Å². The summed E-state index contributed by atoms with van der Waals surface area (Å²) in [5, 5.41) is 0. The summed E-state index contributed by atoms with van der Waals surface area (Å²) in [6, 6.07) is 19.1. The van der Waals surface area contributed by atoms with Gasteiger partial charge in [-0.1, -0.05) is 74.5 Å². The van der Waals surface area contributed by atoms with Crippen LogP contribution in [0.1, 0.15) is 31.4 Å². The van der Waals surface area contributed by atoms with Gasteiger partial charge in [0.15, 0.2) is 0 Å². The molecule has 0 aliphatic rings. The van der Waals surface area contributed by atoms with E-state index in [2.05, 4.69) is 0 Å². The van der Waals surface area contributed by atoms with Crippen LogP contribution in [-0.2, 0) is 32.1 Å². The minimum atomic E-state index is -0.555. The number of benzene rings is 2. The average molecular weight is 354 g/mol. The van der Waals surface area contributed by atoms with E-state index in [9.17, 15) is 9.59 Å². The largest absolute Gasteiger partial charge is 0.465 e. The maximum atomic E-state index is 12.6. The maximum absolute atomic E-state index is 12.6. The first-order chi connectivity index (χ1) is 12.5. The predicted octanol–water partition coefficient (Wildman–Crippen LogP) is 4.18.